The third-order valence-electron chi connectivity index (χ3n) is 3.78. The van der Waals surface area contributed by atoms with Crippen molar-refractivity contribution < 1.29 is 4.79 Å². The van der Waals surface area contributed by atoms with Crippen LogP contribution in [0.25, 0.3) is 22.2 Å². The molecule has 0 unspecified atom stereocenters. The zero-order valence-electron chi connectivity index (χ0n) is 13.2. The Morgan fingerprint density at radius 2 is 1.96 bits per heavy atom. The van der Waals surface area contributed by atoms with Crippen molar-refractivity contribution in [2.75, 3.05) is 0 Å². The SMILES string of the molecule is CC(C)CCc1nc2ccc(-c3cncnc3)cc2n1C(N)=O. The lowest BCUT2D eigenvalue weighted by atomic mass is 10.1. The Labute approximate surface area is 134 Å². The summed E-state index contributed by atoms with van der Waals surface area (Å²) in [5, 5.41) is 0. The summed E-state index contributed by atoms with van der Waals surface area (Å²) in [6, 6.07) is 5.25. The molecule has 0 radical (unpaired) electrons. The zero-order valence-corrected chi connectivity index (χ0v) is 13.2. The van der Waals surface area contributed by atoms with Gasteiger partial charge in [-0.3, -0.25) is 0 Å². The molecule has 6 nitrogen and oxygen atoms in total. The highest BCUT2D eigenvalue weighted by Crippen LogP contribution is 2.25. The van der Waals surface area contributed by atoms with Crippen LogP contribution in [0.4, 0.5) is 4.79 Å². The number of carbonyl (C=O) groups excluding carboxylic acids is 1. The molecule has 0 bridgehead atoms. The lowest BCUT2D eigenvalue weighted by Gasteiger charge is -2.07. The minimum absolute atomic E-state index is 0.507. The van der Waals surface area contributed by atoms with Gasteiger partial charge in [-0.05, 0) is 30.0 Å². The molecule has 1 amide bonds. The molecule has 0 atom stereocenters. The van der Waals surface area contributed by atoms with Crippen LogP contribution in [0.1, 0.15) is 26.1 Å². The number of benzene rings is 1. The molecule has 0 aliphatic heterocycles. The van der Waals surface area contributed by atoms with Crippen molar-refractivity contribution in [3.05, 3.63) is 42.7 Å². The highest BCUT2D eigenvalue weighted by atomic mass is 16.2. The Morgan fingerprint density at radius 1 is 1.22 bits per heavy atom. The quantitative estimate of drug-likeness (QED) is 0.802. The first kappa shape index (κ1) is 15.1. The predicted octanol–water partition coefficient (Wildman–Crippen LogP) is 3.01. The van der Waals surface area contributed by atoms with E-state index in [1.165, 1.54) is 10.9 Å². The number of fused-ring (bicyclic) bond motifs is 1. The molecule has 0 spiro atoms. The molecule has 2 heterocycles. The lowest BCUT2D eigenvalue weighted by Crippen LogP contribution is -2.22. The minimum atomic E-state index is -0.507. The monoisotopic (exact) mass is 309 g/mol. The van der Waals surface area contributed by atoms with E-state index in [0.717, 1.165) is 35.0 Å². The molecule has 0 fully saturated rings. The number of amides is 1. The van der Waals surface area contributed by atoms with Crippen molar-refractivity contribution in [2.45, 2.75) is 26.7 Å². The number of rotatable bonds is 4. The smallest absolute Gasteiger partial charge is 0.324 e. The minimum Gasteiger partial charge on any atom is -0.351 e. The fourth-order valence-corrected chi connectivity index (χ4v) is 2.58. The van der Waals surface area contributed by atoms with Gasteiger partial charge in [0.05, 0.1) is 11.0 Å². The Hall–Kier alpha value is -2.76. The van der Waals surface area contributed by atoms with Crippen LogP contribution in [-0.2, 0) is 6.42 Å². The number of aryl methyl sites for hydroxylation is 1. The molecule has 0 aliphatic rings. The summed E-state index contributed by atoms with van der Waals surface area (Å²) in [7, 11) is 0. The van der Waals surface area contributed by atoms with Crippen LogP contribution in [-0.4, -0.2) is 25.6 Å². The van der Waals surface area contributed by atoms with Gasteiger partial charge in [0.2, 0.25) is 0 Å². The summed E-state index contributed by atoms with van der Waals surface area (Å²) in [4.78, 5) is 24.5. The first-order chi connectivity index (χ1) is 11.1. The van der Waals surface area contributed by atoms with E-state index in [1.54, 1.807) is 12.4 Å². The average Bonchev–Trinajstić information content (AvgIpc) is 2.91. The number of hydrogen-bond donors (Lipinski definition) is 1. The normalized spacial score (nSPS) is 11.3. The second kappa shape index (κ2) is 6.16. The van der Waals surface area contributed by atoms with Crippen LogP contribution in [0.15, 0.2) is 36.9 Å². The van der Waals surface area contributed by atoms with Gasteiger partial charge in [0, 0.05) is 24.4 Å². The standard InChI is InChI=1S/C17H19N5O/c1-11(2)3-6-16-21-14-5-4-12(13-8-19-10-20-9-13)7-15(14)22(16)17(18)23/h4-5,7-11H,3,6H2,1-2H3,(H2,18,23). The van der Waals surface area contributed by atoms with E-state index in [0.29, 0.717) is 11.7 Å². The molecular formula is C17H19N5O. The van der Waals surface area contributed by atoms with Crippen LogP contribution >= 0.6 is 0 Å². The number of hydrogen-bond acceptors (Lipinski definition) is 4. The molecule has 1 aromatic carbocycles. The Morgan fingerprint density at radius 3 is 2.61 bits per heavy atom. The van der Waals surface area contributed by atoms with Gasteiger partial charge < -0.3 is 5.73 Å². The first-order valence-electron chi connectivity index (χ1n) is 7.63. The van der Waals surface area contributed by atoms with Crippen LogP contribution in [0, 0.1) is 5.92 Å². The van der Waals surface area contributed by atoms with Crippen LogP contribution in [0.2, 0.25) is 0 Å². The number of nitrogens with zero attached hydrogens (tertiary/aromatic N) is 4. The van der Waals surface area contributed by atoms with Gasteiger partial charge in [0.15, 0.2) is 0 Å². The van der Waals surface area contributed by atoms with Crippen LogP contribution in [0.5, 0.6) is 0 Å². The molecule has 3 rings (SSSR count). The highest BCUT2D eigenvalue weighted by molar-refractivity contribution is 5.91. The lowest BCUT2D eigenvalue weighted by molar-refractivity contribution is 0.250. The molecular weight excluding hydrogens is 290 g/mol. The van der Waals surface area contributed by atoms with Crippen molar-refractivity contribution in [3.8, 4) is 11.1 Å². The molecule has 118 valence electrons. The summed E-state index contributed by atoms with van der Waals surface area (Å²) >= 11 is 0. The van der Waals surface area contributed by atoms with Crippen molar-refractivity contribution >= 4 is 17.1 Å². The van der Waals surface area contributed by atoms with Gasteiger partial charge in [-0.2, -0.15) is 0 Å². The zero-order chi connectivity index (χ0) is 16.4. The van der Waals surface area contributed by atoms with E-state index in [4.69, 9.17) is 5.73 Å². The summed E-state index contributed by atoms with van der Waals surface area (Å²) in [6.45, 7) is 4.29. The molecule has 6 heteroatoms. The van der Waals surface area contributed by atoms with E-state index in [2.05, 4.69) is 28.8 Å². The van der Waals surface area contributed by atoms with Crippen LogP contribution < -0.4 is 5.73 Å². The fraction of sp³-hybridized carbons (Fsp3) is 0.294. The average molecular weight is 309 g/mol. The van der Waals surface area contributed by atoms with Gasteiger partial charge >= 0.3 is 6.03 Å². The molecule has 0 saturated carbocycles. The fourth-order valence-electron chi connectivity index (χ4n) is 2.58. The molecule has 3 aromatic rings. The topological polar surface area (TPSA) is 86.7 Å². The van der Waals surface area contributed by atoms with Gasteiger partial charge in [-0.1, -0.05) is 19.9 Å². The van der Waals surface area contributed by atoms with E-state index in [9.17, 15) is 4.79 Å². The summed E-state index contributed by atoms with van der Waals surface area (Å²) < 4.78 is 1.50. The molecule has 2 N–H and O–H groups in total. The van der Waals surface area contributed by atoms with E-state index < -0.39 is 6.03 Å². The number of imidazole rings is 1. The Kier molecular flexibility index (Phi) is 4.06. The predicted molar refractivity (Wildman–Crippen MR) is 88.9 cm³/mol. The summed E-state index contributed by atoms with van der Waals surface area (Å²) in [6.07, 6.45) is 6.63. The highest BCUT2D eigenvalue weighted by Gasteiger charge is 2.15. The number of carbonyl (C=O) groups is 1. The van der Waals surface area contributed by atoms with Gasteiger partial charge in [0.1, 0.15) is 12.2 Å². The van der Waals surface area contributed by atoms with Gasteiger partial charge in [0.25, 0.3) is 0 Å². The summed E-state index contributed by atoms with van der Waals surface area (Å²) in [5.74, 6) is 1.25. The van der Waals surface area contributed by atoms with Gasteiger partial charge in [-0.25, -0.2) is 24.3 Å². The Bertz CT molecular complexity index is 839. The molecule has 0 saturated heterocycles. The van der Waals surface area contributed by atoms with E-state index >= 15 is 0 Å². The van der Waals surface area contributed by atoms with Crippen molar-refractivity contribution in [1.29, 1.82) is 0 Å². The second-order valence-electron chi connectivity index (χ2n) is 5.96. The van der Waals surface area contributed by atoms with E-state index in [-0.39, 0.29) is 0 Å². The largest absolute Gasteiger partial charge is 0.351 e. The van der Waals surface area contributed by atoms with Crippen molar-refractivity contribution in [1.82, 2.24) is 19.5 Å². The van der Waals surface area contributed by atoms with Crippen LogP contribution in [0.3, 0.4) is 0 Å². The number of primary amides is 1. The maximum Gasteiger partial charge on any atom is 0.324 e. The third-order valence-corrected chi connectivity index (χ3v) is 3.78. The van der Waals surface area contributed by atoms with Crippen molar-refractivity contribution in [2.24, 2.45) is 11.7 Å². The number of nitrogens with two attached hydrogens (primary N) is 1. The Balaban J connectivity index is 2.10. The second-order valence-corrected chi connectivity index (χ2v) is 5.96. The summed E-state index contributed by atoms with van der Waals surface area (Å²) in [5.41, 5.74) is 8.88. The molecule has 2 aromatic heterocycles. The maximum atomic E-state index is 11.9. The van der Waals surface area contributed by atoms with Crippen molar-refractivity contribution in [3.63, 3.8) is 0 Å². The molecule has 0 aliphatic carbocycles. The third kappa shape index (κ3) is 3.06. The number of aromatic nitrogens is 4. The van der Waals surface area contributed by atoms with Gasteiger partial charge in [-0.15, -0.1) is 0 Å². The van der Waals surface area contributed by atoms with E-state index in [1.807, 2.05) is 18.2 Å². The maximum absolute atomic E-state index is 11.9. The molecule has 23 heavy (non-hydrogen) atoms. The first-order valence-corrected chi connectivity index (χ1v) is 7.63.